The van der Waals surface area contributed by atoms with E-state index in [1.807, 2.05) is 36.4 Å². The van der Waals surface area contributed by atoms with Crippen molar-refractivity contribution in [2.45, 2.75) is 19.4 Å². The van der Waals surface area contributed by atoms with Crippen LogP contribution in [0.25, 0.3) is 0 Å². The molecule has 0 spiro atoms. The second kappa shape index (κ2) is 5.01. The SMILES string of the molecule is CC(C)(O)c1cccc(Oc2cccc(Cl)c2)c1. The molecular formula is C15H15ClO2. The number of rotatable bonds is 3. The van der Waals surface area contributed by atoms with Crippen molar-refractivity contribution in [2.75, 3.05) is 0 Å². The van der Waals surface area contributed by atoms with Crippen LogP contribution in [0.5, 0.6) is 11.5 Å². The molecule has 0 saturated carbocycles. The van der Waals surface area contributed by atoms with Crippen molar-refractivity contribution in [3.05, 3.63) is 59.1 Å². The summed E-state index contributed by atoms with van der Waals surface area (Å²) in [5.41, 5.74) is -0.0738. The summed E-state index contributed by atoms with van der Waals surface area (Å²) in [6, 6.07) is 14.6. The Kier molecular flexibility index (Phi) is 3.60. The van der Waals surface area contributed by atoms with Gasteiger partial charge in [-0.05, 0) is 49.7 Å². The summed E-state index contributed by atoms with van der Waals surface area (Å²) in [6.07, 6.45) is 0. The Morgan fingerprint density at radius 2 is 1.61 bits per heavy atom. The van der Waals surface area contributed by atoms with Crippen LogP contribution >= 0.6 is 11.6 Å². The van der Waals surface area contributed by atoms with Gasteiger partial charge in [0.05, 0.1) is 5.60 Å². The van der Waals surface area contributed by atoms with Gasteiger partial charge in [-0.1, -0.05) is 29.8 Å². The summed E-state index contributed by atoms with van der Waals surface area (Å²) in [4.78, 5) is 0. The Bertz CT molecular complexity index is 544. The molecule has 18 heavy (non-hydrogen) atoms. The molecule has 94 valence electrons. The third-order valence-electron chi connectivity index (χ3n) is 2.57. The number of benzene rings is 2. The summed E-state index contributed by atoms with van der Waals surface area (Å²) < 4.78 is 5.70. The highest BCUT2D eigenvalue weighted by molar-refractivity contribution is 6.30. The molecule has 0 aromatic heterocycles. The smallest absolute Gasteiger partial charge is 0.128 e. The van der Waals surface area contributed by atoms with Gasteiger partial charge in [0.25, 0.3) is 0 Å². The van der Waals surface area contributed by atoms with Gasteiger partial charge in [-0.15, -0.1) is 0 Å². The van der Waals surface area contributed by atoms with Gasteiger partial charge in [-0.25, -0.2) is 0 Å². The van der Waals surface area contributed by atoms with Crippen LogP contribution in [-0.4, -0.2) is 5.11 Å². The molecule has 0 heterocycles. The molecule has 0 bridgehead atoms. The van der Waals surface area contributed by atoms with E-state index >= 15 is 0 Å². The topological polar surface area (TPSA) is 29.5 Å². The number of halogens is 1. The van der Waals surface area contributed by atoms with Crippen molar-refractivity contribution in [3.63, 3.8) is 0 Å². The number of hydrogen-bond acceptors (Lipinski definition) is 2. The van der Waals surface area contributed by atoms with Crippen LogP contribution in [-0.2, 0) is 5.60 Å². The molecule has 2 nitrogen and oxygen atoms in total. The molecule has 0 aliphatic carbocycles. The largest absolute Gasteiger partial charge is 0.457 e. The highest BCUT2D eigenvalue weighted by Gasteiger charge is 2.16. The molecule has 0 radical (unpaired) electrons. The highest BCUT2D eigenvalue weighted by atomic mass is 35.5. The lowest BCUT2D eigenvalue weighted by Crippen LogP contribution is -2.15. The summed E-state index contributed by atoms with van der Waals surface area (Å²) in [5, 5.41) is 10.6. The Hall–Kier alpha value is -1.51. The Morgan fingerprint density at radius 3 is 2.22 bits per heavy atom. The zero-order chi connectivity index (χ0) is 13.2. The molecule has 0 aliphatic heterocycles. The lowest BCUT2D eigenvalue weighted by atomic mass is 9.98. The van der Waals surface area contributed by atoms with E-state index in [2.05, 4.69) is 0 Å². The third kappa shape index (κ3) is 3.25. The van der Waals surface area contributed by atoms with E-state index in [1.54, 1.807) is 26.0 Å². The first-order valence-electron chi connectivity index (χ1n) is 5.71. The van der Waals surface area contributed by atoms with Crippen LogP contribution in [0.1, 0.15) is 19.4 Å². The third-order valence-corrected chi connectivity index (χ3v) is 2.81. The first kappa shape index (κ1) is 12.9. The van der Waals surface area contributed by atoms with Crippen molar-refractivity contribution in [2.24, 2.45) is 0 Å². The fourth-order valence-corrected chi connectivity index (χ4v) is 1.79. The van der Waals surface area contributed by atoms with E-state index in [0.717, 1.165) is 5.56 Å². The lowest BCUT2D eigenvalue weighted by Gasteiger charge is -2.18. The maximum atomic E-state index is 9.95. The van der Waals surface area contributed by atoms with Gasteiger partial charge in [0.15, 0.2) is 0 Å². The fraction of sp³-hybridized carbons (Fsp3) is 0.200. The molecule has 0 saturated heterocycles. The molecule has 2 aromatic rings. The zero-order valence-electron chi connectivity index (χ0n) is 10.4. The van der Waals surface area contributed by atoms with E-state index in [0.29, 0.717) is 16.5 Å². The van der Waals surface area contributed by atoms with E-state index in [9.17, 15) is 5.11 Å². The Balaban J connectivity index is 2.25. The number of ether oxygens (including phenoxy) is 1. The lowest BCUT2D eigenvalue weighted by molar-refractivity contribution is 0.0784. The van der Waals surface area contributed by atoms with Crippen LogP contribution in [0.3, 0.4) is 0 Å². The van der Waals surface area contributed by atoms with Crippen LogP contribution in [0, 0.1) is 0 Å². The summed E-state index contributed by atoms with van der Waals surface area (Å²) in [5.74, 6) is 1.35. The fourth-order valence-electron chi connectivity index (χ4n) is 1.61. The van der Waals surface area contributed by atoms with Gasteiger partial charge >= 0.3 is 0 Å². The normalized spacial score (nSPS) is 11.3. The van der Waals surface area contributed by atoms with E-state index in [1.165, 1.54) is 0 Å². The van der Waals surface area contributed by atoms with E-state index < -0.39 is 5.60 Å². The first-order valence-corrected chi connectivity index (χ1v) is 6.09. The Morgan fingerprint density at radius 1 is 1.00 bits per heavy atom. The first-order chi connectivity index (χ1) is 8.45. The molecule has 0 amide bonds. The Labute approximate surface area is 112 Å². The molecule has 0 unspecified atom stereocenters. The van der Waals surface area contributed by atoms with Gasteiger partial charge in [-0.3, -0.25) is 0 Å². The summed E-state index contributed by atoms with van der Waals surface area (Å²) in [7, 11) is 0. The van der Waals surface area contributed by atoms with Crippen LogP contribution in [0.15, 0.2) is 48.5 Å². The zero-order valence-corrected chi connectivity index (χ0v) is 11.1. The average molecular weight is 263 g/mol. The van der Waals surface area contributed by atoms with E-state index in [-0.39, 0.29) is 0 Å². The number of aliphatic hydroxyl groups is 1. The second-order valence-electron chi connectivity index (χ2n) is 4.65. The molecule has 0 aliphatic rings. The molecule has 2 rings (SSSR count). The minimum Gasteiger partial charge on any atom is -0.457 e. The van der Waals surface area contributed by atoms with Crippen molar-refractivity contribution in [3.8, 4) is 11.5 Å². The van der Waals surface area contributed by atoms with Gasteiger partial charge in [0.2, 0.25) is 0 Å². The van der Waals surface area contributed by atoms with Crippen LogP contribution < -0.4 is 4.74 Å². The van der Waals surface area contributed by atoms with Crippen molar-refractivity contribution in [1.82, 2.24) is 0 Å². The maximum Gasteiger partial charge on any atom is 0.128 e. The maximum absolute atomic E-state index is 9.95. The average Bonchev–Trinajstić information content (AvgIpc) is 2.28. The highest BCUT2D eigenvalue weighted by Crippen LogP contribution is 2.28. The molecule has 0 fully saturated rings. The summed E-state index contributed by atoms with van der Waals surface area (Å²) >= 11 is 5.89. The molecule has 0 atom stereocenters. The number of hydrogen-bond donors (Lipinski definition) is 1. The second-order valence-corrected chi connectivity index (χ2v) is 5.08. The van der Waals surface area contributed by atoms with Gasteiger partial charge in [0.1, 0.15) is 11.5 Å². The van der Waals surface area contributed by atoms with Crippen molar-refractivity contribution >= 4 is 11.6 Å². The van der Waals surface area contributed by atoms with Crippen LogP contribution in [0.4, 0.5) is 0 Å². The predicted molar refractivity (Wildman–Crippen MR) is 73.2 cm³/mol. The monoisotopic (exact) mass is 262 g/mol. The van der Waals surface area contributed by atoms with Gasteiger partial charge in [-0.2, -0.15) is 0 Å². The quantitative estimate of drug-likeness (QED) is 0.891. The molecule has 3 heteroatoms. The van der Waals surface area contributed by atoms with Gasteiger partial charge < -0.3 is 9.84 Å². The predicted octanol–water partition coefficient (Wildman–Crippen LogP) is 4.36. The van der Waals surface area contributed by atoms with Crippen molar-refractivity contribution in [1.29, 1.82) is 0 Å². The summed E-state index contributed by atoms with van der Waals surface area (Å²) in [6.45, 7) is 3.48. The minimum absolute atomic E-state index is 0.631. The van der Waals surface area contributed by atoms with E-state index in [4.69, 9.17) is 16.3 Å². The van der Waals surface area contributed by atoms with Gasteiger partial charge in [0, 0.05) is 5.02 Å². The molecule has 2 aromatic carbocycles. The van der Waals surface area contributed by atoms with Crippen molar-refractivity contribution < 1.29 is 9.84 Å². The minimum atomic E-state index is -0.881. The molecule has 1 N–H and O–H groups in total. The standard InChI is InChI=1S/C15H15ClO2/c1-15(2,17)11-5-3-7-13(9-11)18-14-8-4-6-12(16)10-14/h3-10,17H,1-2H3. The molecular weight excluding hydrogens is 248 g/mol. The van der Waals surface area contributed by atoms with Crippen LogP contribution in [0.2, 0.25) is 5.02 Å².